The predicted molar refractivity (Wildman–Crippen MR) is 304 cm³/mol. The largest absolute Gasteiger partial charge is 0.485 e. The third kappa shape index (κ3) is 6.07. The van der Waals surface area contributed by atoms with Crippen molar-refractivity contribution in [2.24, 2.45) is 10.8 Å². The molecule has 0 radical (unpaired) electrons. The standard InChI is InChI=1S/C71H59NO2/c1-67(2,3)47-31-38-65-62(41-47)71(69(7)44-48(68(4,5)6)32-40-66(69)74-65)58-26-16-13-23-54(58)55-37-35-50(42-60(55)71)72(49-33-29-46(30-34-49)45-19-9-8-10-20-45)51-36-39-64-61(43-51)70(59-27-17-18-28-63(59)73-64)56-24-14-11-21-52(56)53-22-12-15-25-57(53)70/h8-44,66H,1-7H3. The smallest absolute Gasteiger partial charge is 0.132 e. The minimum atomic E-state index is -0.632. The zero-order chi connectivity index (χ0) is 50.4. The number of benzene rings is 9. The van der Waals surface area contributed by atoms with E-state index in [0.29, 0.717) is 0 Å². The van der Waals surface area contributed by atoms with Crippen LogP contribution in [0, 0.1) is 10.8 Å². The molecule has 0 amide bonds. The topological polar surface area (TPSA) is 21.7 Å². The van der Waals surface area contributed by atoms with E-state index in [1.807, 2.05) is 0 Å². The molecule has 5 aliphatic rings. The lowest BCUT2D eigenvalue weighted by atomic mass is 9.50. The summed E-state index contributed by atoms with van der Waals surface area (Å²) in [5.74, 6) is 2.69. The summed E-state index contributed by atoms with van der Waals surface area (Å²) in [5.41, 5.74) is 19.9. The van der Waals surface area contributed by atoms with Crippen LogP contribution in [0.15, 0.2) is 230 Å². The zero-order valence-corrected chi connectivity index (χ0v) is 43.2. The first-order chi connectivity index (χ1) is 35.8. The third-order valence-corrected chi connectivity index (χ3v) is 17.3. The molecule has 0 bridgehead atoms. The quantitative estimate of drug-likeness (QED) is 0.175. The van der Waals surface area contributed by atoms with E-state index in [2.05, 4.69) is 278 Å². The number of anilines is 3. The summed E-state index contributed by atoms with van der Waals surface area (Å²) in [7, 11) is 0. The fourth-order valence-corrected chi connectivity index (χ4v) is 13.8. The molecule has 3 nitrogen and oxygen atoms in total. The number of hydrogen-bond donors (Lipinski definition) is 0. The van der Waals surface area contributed by atoms with Gasteiger partial charge in [-0.25, -0.2) is 0 Å². The second kappa shape index (κ2) is 15.7. The third-order valence-electron chi connectivity index (χ3n) is 17.3. The maximum absolute atomic E-state index is 7.27. The first-order valence-corrected chi connectivity index (χ1v) is 26.3. The lowest BCUT2D eigenvalue weighted by Gasteiger charge is -2.55. The number of nitrogens with zero attached hydrogens (tertiary/aromatic N) is 1. The minimum Gasteiger partial charge on any atom is -0.485 e. The Labute approximate surface area is 436 Å². The van der Waals surface area contributed by atoms with Gasteiger partial charge in [-0.2, -0.15) is 0 Å². The monoisotopic (exact) mass is 957 g/mol. The summed E-state index contributed by atoms with van der Waals surface area (Å²) in [6.07, 6.45) is 7.03. The van der Waals surface area contributed by atoms with Gasteiger partial charge in [0, 0.05) is 39.2 Å². The fraction of sp³-hybridized carbons (Fsp3) is 0.183. The van der Waals surface area contributed by atoms with Crippen LogP contribution in [0.2, 0.25) is 0 Å². The van der Waals surface area contributed by atoms with Crippen LogP contribution in [0.5, 0.6) is 17.2 Å². The van der Waals surface area contributed by atoms with E-state index in [9.17, 15) is 0 Å². The highest BCUT2D eigenvalue weighted by atomic mass is 16.5. The minimum absolute atomic E-state index is 0.0842. The van der Waals surface area contributed by atoms with Crippen LogP contribution in [0.25, 0.3) is 33.4 Å². The molecule has 74 heavy (non-hydrogen) atoms. The Bertz CT molecular complexity index is 3800. The van der Waals surface area contributed by atoms with Gasteiger partial charge >= 0.3 is 0 Å². The number of hydrogen-bond acceptors (Lipinski definition) is 3. The molecule has 3 aliphatic carbocycles. The van der Waals surface area contributed by atoms with Gasteiger partial charge in [-0.15, -0.1) is 0 Å². The Morgan fingerprint density at radius 3 is 1.62 bits per heavy atom. The molecule has 0 N–H and O–H groups in total. The average molecular weight is 958 g/mol. The lowest BCUT2D eigenvalue weighted by Crippen LogP contribution is -2.56. The van der Waals surface area contributed by atoms with Crippen molar-refractivity contribution in [3.8, 4) is 50.6 Å². The SMILES string of the molecule is CC(C)(C)C1=CC2(C)C(C=C1)Oc1ccc(C(C)(C)C)cc1C21c2ccccc2-c2ccc(N(c3ccc(-c4ccccc4)cc3)c3ccc4c(c3)C3(c5ccccc5O4)c4ccccc4-c4ccccc43)cc21. The van der Waals surface area contributed by atoms with E-state index >= 15 is 0 Å². The van der Waals surface area contributed by atoms with Crippen LogP contribution in [0.4, 0.5) is 17.1 Å². The molecule has 0 aromatic heterocycles. The van der Waals surface area contributed by atoms with Crippen molar-refractivity contribution < 1.29 is 9.47 Å². The van der Waals surface area contributed by atoms with Gasteiger partial charge < -0.3 is 14.4 Å². The molecule has 9 aromatic rings. The summed E-state index contributed by atoms with van der Waals surface area (Å²) in [6, 6.07) is 76.8. The molecule has 3 unspecified atom stereocenters. The van der Waals surface area contributed by atoms with Crippen molar-refractivity contribution in [1.82, 2.24) is 0 Å². The molecule has 0 fully saturated rings. The molecule has 9 aromatic carbocycles. The van der Waals surface area contributed by atoms with Crippen LogP contribution in [-0.2, 0) is 16.2 Å². The van der Waals surface area contributed by atoms with Crippen LogP contribution >= 0.6 is 0 Å². The molecule has 14 rings (SSSR count). The van der Waals surface area contributed by atoms with Crippen molar-refractivity contribution in [1.29, 1.82) is 0 Å². The Balaban J connectivity index is 1.05. The Hall–Kier alpha value is -8.14. The highest BCUT2D eigenvalue weighted by Crippen LogP contribution is 2.69. The van der Waals surface area contributed by atoms with E-state index in [-0.39, 0.29) is 16.9 Å². The van der Waals surface area contributed by atoms with Gasteiger partial charge in [0.1, 0.15) is 23.4 Å². The van der Waals surface area contributed by atoms with Crippen LogP contribution in [0.3, 0.4) is 0 Å². The number of ether oxygens (including phenoxy) is 2. The van der Waals surface area contributed by atoms with Crippen molar-refractivity contribution in [2.45, 2.75) is 70.8 Å². The Kier molecular flexibility index (Phi) is 9.44. The molecular weight excluding hydrogens is 899 g/mol. The van der Waals surface area contributed by atoms with Crippen LogP contribution in [-0.4, -0.2) is 6.10 Å². The van der Waals surface area contributed by atoms with E-state index in [0.717, 1.165) is 45.4 Å². The summed E-state index contributed by atoms with van der Waals surface area (Å²) >= 11 is 0. The second-order valence-electron chi connectivity index (χ2n) is 23.4. The van der Waals surface area contributed by atoms with E-state index < -0.39 is 16.2 Å². The van der Waals surface area contributed by atoms with Crippen LogP contribution < -0.4 is 14.4 Å². The number of para-hydroxylation sites is 1. The van der Waals surface area contributed by atoms with E-state index in [4.69, 9.17) is 9.47 Å². The molecule has 2 aliphatic heterocycles. The second-order valence-corrected chi connectivity index (χ2v) is 23.4. The molecule has 0 saturated carbocycles. The summed E-state index contributed by atoms with van der Waals surface area (Å²) in [6.45, 7) is 16.4. The molecule has 2 spiro atoms. The number of rotatable bonds is 4. The first kappa shape index (κ1) is 44.6. The number of fused-ring (bicyclic) bond motifs is 18. The maximum atomic E-state index is 7.27. The summed E-state index contributed by atoms with van der Waals surface area (Å²) < 4.78 is 14.3. The highest BCUT2D eigenvalue weighted by Gasteiger charge is 2.63. The van der Waals surface area contributed by atoms with Gasteiger partial charge in [-0.05, 0) is 138 Å². The summed E-state index contributed by atoms with van der Waals surface area (Å²) in [5, 5.41) is 0. The van der Waals surface area contributed by atoms with Crippen molar-refractivity contribution in [2.75, 3.05) is 4.90 Å². The fourth-order valence-electron chi connectivity index (χ4n) is 13.8. The van der Waals surface area contributed by atoms with E-state index in [1.54, 1.807) is 0 Å². The molecular formula is C71H59NO2. The molecule has 3 atom stereocenters. The average Bonchev–Trinajstić information content (AvgIpc) is 3.98. The summed E-state index contributed by atoms with van der Waals surface area (Å²) in [4.78, 5) is 2.48. The molecule has 360 valence electrons. The van der Waals surface area contributed by atoms with Gasteiger partial charge in [-0.3, -0.25) is 0 Å². The molecule has 2 heterocycles. The lowest BCUT2D eigenvalue weighted by molar-refractivity contribution is 0.0642. The normalized spacial score (nSPS) is 19.9. The first-order valence-electron chi connectivity index (χ1n) is 26.3. The van der Waals surface area contributed by atoms with Crippen molar-refractivity contribution in [3.05, 3.63) is 275 Å². The van der Waals surface area contributed by atoms with Crippen molar-refractivity contribution >= 4 is 17.1 Å². The molecule has 0 saturated heterocycles. The van der Waals surface area contributed by atoms with Crippen molar-refractivity contribution in [3.63, 3.8) is 0 Å². The van der Waals surface area contributed by atoms with Gasteiger partial charge in [0.15, 0.2) is 0 Å². The van der Waals surface area contributed by atoms with E-state index in [1.165, 1.54) is 72.3 Å². The predicted octanol–water partition coefficient (Wildman–Crippen LogP) is 18.2. The maximum Gasteiger partial charge on any atom is 0.132 e. The van der Waals surface area contributed by atoms with Gasteiger partial charge in [0.2, 0.25) is 0 Å². The van der Waals surface area contributed by atoms with Gasteiger partial charge in [0.25, 0.3) is 0 Å². The zero-order valence-electron chi connectivity index (χ0n) is 43.2. The Morgan fingerprint density at radius 2 is 0.946 bits per heavy atom. The number of allylic oxidation sites excluding steroid dienone is 2. The Morgan fingerprint density at radius 1 is 0.419 bits per heavy atom. The van der Waals surface area contributed by atoms with Gasteiger partial charge in [-0.1, -0.05) is 212 Å². The molecule has 3 heteroatoms. The van der Waals surface area contributed by atoms with Crippen LogP contribution in [0.1, 0.15) is 93.0 Å². The van der Waals surface area contributed by atoms with Gasteiger partial charge in [0.05, 0.1) is 10.8 Å². The highest BCUT2D eigenvalue weighted by molar-refractivity contribution is 5.92.